The van der Waals surface area contributed by atoms with Crippen molar-refractivity contribution in [3.8, 4) is 5.75 Å². The number of nitrogens with zero attached hydrogens (tertiary/aromatic N) is 1. The summed E-state index contributed by atoms with van der Waals surface area (Å²) in [5, 5.41) is 0.635. The quantitative estimate of drug-likeness (QED) is 0.785. The summed E-state index contributed by atoms with van der Waals surface area (Å²) < 4.78 is 10.0. The molecule has 0 saturated carbocycles. The second-order valence-electron chi connectivity index (χ2n) is 4.02. The molecule has 1 heterocycles. The van der Waals surface area contributed by atoms with Gasteiger partial charge in [0.25, 0.3) is 0 Å². The zero-order valence-corrected chi connectivity index (χ0v) is 10.7. The number of fused-ring (bicyclic) bond motifs is 1. The lowest BCUT2D eigenvalue weighted by Crippen LogP contribution is -2.07. The molecular formula is C14H13NO4. The van der Waals surface area contributed by atoms with E-state index in [9.17, 15) is 9.59 Å². The molecule has 5 heteroatoms. The summed E-state index contributed by atoms with van der Waals surface area (Å²) in [6, 6.07) is 6.71. The van der Waals surface area contributed by atoms with Gasteiger partial charge in [-0.2, -0.15) is 0 Å². The minimum absolute atomic E-state index is 0.000668. The first-order chi connectivity index (χ1) is 9.11. The zero-order chi connectivity index (χ0) is 13.8. The van der Waals surface area contributed by atoms with Gasteiger partial charge in [-0.05, 0) is 31.2 Å². The fraction of sp³-hybridized carbons (Fsp3) is 0.214. The molecule has 0 fully saturated rings. The third-order valence-electron chi connectivity index (χ3n) is 2.56. The first-order valence-electron chi connectivity index (χ1n) is 5.71. The maximum absolute atomic E-state index is 11.7. The van der Waals surface area contributed by atoms with Gasteiger partial charge in [0.1, 0.15) is 12.4 Å². The van der Waals surface area contributed by atoms with E-state index >= 15 is 0 Å². The van der Waals surface area contributed by atoms with Crippen molar-refractivity contribution < 1.29 is 19.1 Å². The molecule has 0 aliphatic carbocycles. The maximum Gasteiger partial charge on any atom is 0.338 e. The topological polar surface area (TPSA) is 65.5 Å². The Balaban J connectivity index is 2.44. The van der Waals surface area contributed by atoms with Gasteiger partial charge in [-0.15, -0.1) is 0 Å². The fourth-order valence-corrected chi connectivity index (χ4v) is 1.69. The van der Waals surface area contributed by atoms with Crippen molar-refractivity contribution >= 4 is 22.7 Å². The fourth-order valence-electron chi connectivity index (χ4n) is 1.69. The van der Waals surface area contributed by atoms with Crippen LogP contribution in [0.2, 0.25) is 0 Å². The van der Waals surface area contributed by atoms with E-state index in [1.54, 1.807) is 30.5 Å². The number of hydrogen-bond donors (Lipinski definition) is 0. The van der Waals surface area contributed by atoms with Gasteiger partial charge in [-0.3, -0.25) is 9.78 Å². The molecule has 0 atom stereocenters. The summed E-state index contributed by atoms with van der Waals surface area (Å²) in [5.41, 5.74) is 1.08. The predicted molar refractivity (Wildman–Crippen MR) is 69.3 cm³/mol. The molecule has 0 spiro atoms. The number of esters is 1. The van der Waals surface area contributed by atoms with Gasteiger partial charge in [-0.25, -0.2) is 4.79 Å². The van der Waals surface area contributed by atoms with Crippen LogP contribution < -0.4 is 4.74 Å². The molecule has 0 radical (unpaired) electrons. The Kier molecular flexibility index (Phi) is 3.75. The molecular weight excluding hydrogens is 246 g/mol. The molecule has 19 heavy (non-hydrogen) atoms. The minimum Gasteiger partial charge on any atom is -0.486 e. The highest BCUT2D eigenvalue weighted by Gasteiger charge is 2.11. The van der Waals surface area contributed by atoms with Crippen LogP contribution in [-0.2, 0) is 9.53 Å². The molecule has 2 rings (SSSR count). The van der Waals surface area contributed by atoms with E-state index in [1.165, 1.54) is 14.0 Å². The van der Waals surface area contributed by atoms with Crippen molar-refractivity contribution in [3.63, 3.8) is 0 Å². The summed E-state index contributed by atoms with van der Waals surface area (Å²) in [7, 11) is 1.32. The Bertz CT molecular complexity index is 636. The Morgan fingerprint density at radius 3 is 2.74 bits per heavy atom. The SMILES string of the molecule is COC(=O)c1ccnc2ccc(OCC(C)=O)cc12. The standard InChI is InChI=1S/C14H13NO4/c1-9(16)8-19-10-3-4-13-12(7-10)11(5-6-15-13)14(17)18-2/h3-7H,8H2,1-2H3. The van der Waals surface area contributed by atoms with Crippen molar-refractivity contribution in [2.45, 2.75) is 6.92 Å². The second kappa shape index (κ2) is 5.48. The molecule has 5 nitrogen and oxygen atoms in total. The molecule has 0 bridgehead atoms. The Labute approximate surface area is 110 Å². The molecule has 0 aliphatic rings. The van der Waals surface area contributed by atoms with Crippen LogP contribution in [-0.4, -0.2) is 30.5 Å². The van der Waals surface area contributed by atoms with E-state index in [0.717, 1.165) is 0 Å². The number of ketones is 1. The summed E-state index contributed by atoms with van der Waals surface area (Å²) in [4.78, 5) is 26.7. The minimum atomic E-state index is -0.434. The van der Waals surface area contributed by atoms with E-state index in [2.05, 4.69) is 4.98 Å². The van der Waals surface area contributed by atoms with Crippen molar-refractivity contribution in [2.75, 3.05) is 13.7 Å². The third kappa shape index (κ3) is 2.88. The number of pyridine rings is 1. The Hall–Kier alpha value is -2.43. The average Bonchev–Trinajstić information content (AvgIpc) is 2.43. The van der Waals surface area contributed by atoms with E-state index in [1.807, 2.05) is 0 Å². The van der Waals surface area contributed by atoms with E-state index in [4.69, 9.17) is 9.47 Å². The Morgan fingerprint density at radius 2 is 2.05 bits per heavy atom. The molecule has 0 saturated heterocycles. The number of methoxy groups -OCH3 is 1. The lowest BCUT2D eigenvalue weighted by Gasteiger charge is -2.07. The number of hydrogen-bond acceptors (Lipinski definition) is 5. The van der Waals surface area contributed by atoms with Crippen LogP contribution in [0.1, 0.15) is 17.3 Å². The number of carbonyl (C=O) groups excluding carboxylic acids is 2. The summed E-state index contributed by atoms with van der Waals surface area (Å²) in [5.74, 6) is 0.0106. The lowest BCUT2D eigenvalue weighted by molar-refractivity contribution is -0.118. The smallest absolute Gasteiger partial charge is 0.338 e. The van der Waals surface area contributed by atoms with Gasteiger partial charge in [0.05, 0.1) is 18.2 Å². The monoisotopic (exact) mass is 259 g/mol. The number of benzene rings is 1. The molecule has 0 N–H and O–H groups in total. The Morgan fingerprint density at radius 1 is 1.26 bits per heavy atom. The summed E-state index contributed by atoms with van der Waals surface area (Å²) in [6.07, 6.45) is 1.55. The van der Waals surface area contributed by atoms with Gasteiger partial charge < -0.3 is 9.47 Å². The van der Waals surface area contributed by atoms with Crippen molar-refractivity contribution in [3.05, 3.63) is 36.0 Å². The van der Waals surface area contributed by atoms with E-state index in [0.29, 0.717) is 22.2 Å². The average molecular weight is 259 g/mol. The number of aromatic nitrogens is 1. The van der Waals surface area contributed by atoms with E-state index in [-0.39, 0.29) is 12.4 Å². The number of rotatable bonds is 4. The van der Waals surface area contributed by atoms with Crippen molar-refractivity contribution in [1.82, 2.24) is 4.98 Å². The first kappa shape index (κ1) is 13.0. The largest absolute Gasteiger partial charge is 0.486 e. The van der Waals surface area contributed by atoms with Crippen molar-refractivity contribution in [2.24, 2.45) is 0 Å². The van der Waals surface area contributed by atoms with E-state index < -0.39 is 5.97 Å². The molecule has 0 unspecified atom stereocenters. The van der Waals surface area contributed by atoms with Gasteiger partial charge >= 0.3 is 5.97 Å². The molecule has 98 valence electrons. The first-order valence-corrected chi connectivity index (χ1v) is 5.71. The van der Waals surface area contributed by atoms with Crippen LogP contribution in [0.15, 0.2) is 30.5 Å². The molecule has 1 aromatic carbocycles. The van der Waals surface area contributed by atoms with Crippen LogP contribution >= 0.6 is 0 Å². The third-order valence-corrected chi connectivity index (χ3v) is 2.56. The van der Waals surface area contributed by atoms with Crippen LogP contribution in [0, 0.1) is 0 Å². The number of ether oxygens (including phenoxy) is 2. The van der Waals surface area contributed by atoms with Crippen molar-refractivity contribution in [1.29, 1.82) is 0 Å². The normalized spacial score (nSPS) is 10.2. The second-order valence-corrected chi connectivity index (χ2v) is 4.02. The van der Waals surface area contributed by atoms with Gasteiger partial charge in [0.2, 0.25) is 0 Å². The van der Waals surface area contributed by atoms with Gasteiger partial charge in [0, 0.05) is 11.6 Å². The summed E-state index contributed by atoms with van der Waals surface area (Å²) >= 11 is 0. The van der Waals surface area contributed by atoms with Crippen LogP contribution in [0.25, 0.3) is 10.9 Å². The molecule has 0 amide bonds. The zero-order valence-electron chi connectivity index (χ0n) is 10.7. The maximum atomic E-state index is 11.7. The van der Waals surface area contributed by atoms with Crippen LogP contribution in [0.3, 0.4) is 0 Å². The molecule has 2 aromatic rings. The summed E-state index contributed by atoms with van der Waals surface area (Å²) in [6.45, 7) is 1.45. The highest BCUT2D eigenvalue weighted by Crippen LogP contribution is 2.23. The van der Waals surface area contributed by atoms with Gasteiger partial charge in [-0.1, -0.05) is 0 Å². The van der Waals surface area contributed by atoms with Gasteiger partial charge in [0.15, 0.2) is 5.78 Å². The van der Waals surface area contributed by atoms with Crippen LogP contribution in [0.5, 0.6) is 5.75 Å². The predicted octanol–water partition coefficient (Wildman–Crippen LogP) is 1.99. The molecule has 0 aliphatic heterocycles. The highest BCUT2D eigenvalue weighted by molar-refractivity contribution is 6.03. The van der Waals surface area contributed by atoms with Crippen LogP contribution in [0.4, 0.5) is 0 Å². The lowest BCUT2D eigenvalue weighted by atomic mass is 10.1. The number of Topliss-reactive ketones (excluding diaryl/α,β-unsaturated/α-hetero) is 1. The number of carbonyl (C=O) groups is 2. The molecule has 1 aromatic heterocycles. The highest BCUT2D eigenvalue weighted by atomic mass is 16.5.